The second-order valence-corrected chi connectivity index (χ2v) is 8.09. The molecular weight excluding hydrogens is 320 g/mol. The molecule has 2 rings (SSSR count). The van der Waals surface area contributed by atoms with E-state index < -0.39 is 0 Å². The van der Waals surface area contributed by atoms with Gasteiger partial charge in [-0.15, -0.1) is 0 Å². The summed E-state index contributed by atoms with van der Waals surface area (Å²) in [6, 6.07) is 7.84. The van der Waals surface area contributed by atoms with Gasteiger partial charge < -0.3 is 9.72 Å². The quantitative estimate of drug-likeness (QED) is 0.776. The largest absolute Gasteiger partial charge is 0.497 e. The third kappa shape index (κ3) is 5.21. The molecule has 0 spiro atoms. The fourth-order valence-corrected chi connectivity index (χ4v) is 3.80. The number of thiazole rings is 1. The van der Waals surface area contributed by atoms with Gasteiger partial charge in [0.15, 0.2) is 0 Å². The normalized spacial score (nSPS) is 11.7. The van der Waals surface area contributed by atoms with Gasteiger partial charge in [-0.05, 0) is 41.7 Å². The van der Waals surface area contributed by atoms with Gasteiger partial charge in [-0.2, -0.15) is 0 Å². The zero-order valence-electron chi connectivity index (χ0n) is 15.3. The van der Waals surface area contributed by atoms with E-state index in [0.717, 1.165) is 41.5 Å². The number of aromatic amines is 1. The minimum Gasteiger partial charge on any atom is -0.497 e. The lowest BCUT2D eigenvalue weighted by molar-refractivity contribution is 0.213. The van der Waals surface area contributed by atoms with Crippen LogP contribution in [0.2, 0.25) is 0 Å². The number of nitrogens with one attached hydrogen (secondary N) is 1. The van der Waals surface area contributed by atoms with E-state index in [4.69, 9.17) is 4.74 Å². The molecule has 132 valence electrons. The molecule has 2 aromatic rings. The van der Waals surface area contributed by atoms with Crippen molar-refractivity contribution in [2.75, 3.05) is 20.2 Å². The summed E-state index contributed by atoms with van der Waals surface area (Å²) >= 11 is 1.32. The highest BCUT2D eigenvalue weighted by Gasteiger charge is 2.16. The molecule has 1 aromatic heterocycles. The molecule has 0 aliphatic heterocycles. The molecule has 0 aliphatic rings. The summed E-state index contributed by atoms with van der Waals surface area (Å²) in [6.45, 7) is 11.8. The Bertz CT molecular complexity index is 676. The fourth-order valence-electron chi connectivity index (χ4n) is 2.90. The monoisotopic (exact) mass is 348 g/mol. The Hall–Kier alpha value is -1.59. The van der Waals surface area contributed by atoms with E-state index in [-0.39, 0.29) is 4.87 Å². The number of benzene rings is 1. The van der Waals surface area contributed by atoms with Gasteiger partial charge in [0.1, 0.15) is 5.75 Å². The summed E-state index contributed by atoms with van der Waals surface area (Å²) in [4.78, 5) is 18.5. The van der Waals surface area contributed by atoms with Gasteiger partial charge in [-0.1, -0.05) is 39.0 Å². The maximum atomic E-state index is 12.0. The minimum atomic E-state index is 0.00450. The van der Waals surface area contributed by atoms with E-state index in [1.165, 1.54) is 11.3 Å². The van der Waals surface area contributed by atoms with E-state index in [2.05, 4.69) is 37.6 Å². The van der Waals surface area contributed by atoms with Crippen molar-refractivity contribution in [1.82, 2.24) is 9.88 Å². The van der Waals surface area contributed by atoms with Gasteiger partial charge in [-0.25, -0.2) is 0 Å². The van der Waals surface area contributed by atoms with Crippen LogP contribution in [0.1, 0.15) is 32.6 Å². The Kier molecular flexibility index (Phi) is 6.63. The van der Waals surface area contributed by atoms with Crippen molar-refractivity contribution in [2.45, 2.75) is 34.2 Å². The maximum absolute atomic E-state index is 12.0. The number of methoxy groups -OCH3 is 1. The lowest BCUT2D eigenvalue weighted by Gasteiger charge is -2.25. The lowest BCUT2D eigenvalue weighted by atomic mass is 10.1. The predicted octanol–water partition coefficient (Wildman–Crippen LogP) is 4.23. The van der Waals surface area contributed by atoms with Crippen molar-refractivity contribution in [3.63, 3.8) is 0 Å². The van der Waals surface area contributed by atoms with Crippen LogP contribution in [0.15, 0.2) is 29.1 Å². The number of aromatic nitrogens is 1. The van der Waals surface area contributed by atoms with Crippen molar-refractivity contribution < 1.29 is 4.74 Å². The molecule has 0 fully saturated rings. The molecular formula is C19H28N2O2S. The number of hydrogen-bond acceptors (Lipinski definition) is 4. The van der Waals surface area contributed by atoms with Gasteiger partial charge in [0.25, 0.3) is 0 Å². The average molecular weight is 349 g/mol. The topological polar surface area (TPSA) is 45.3 Å². The molecule has 0 saturated carbocycles. The molecule has 0 unspecified atom stereocenters. The molecule has 24 heavy (non-hydrogen) atoms. The summed E-state index contributed by atoms with van der Waals surface area (Å²) in [6.07, 6.45) is 0. The van der Waals surface area contributed by atoms with Gasteiger partial charge in [0.05, 0.1) is 12.8 Å². The number of ether oxygens (including phenoxy) is 1. The van der Waals surface area contributed by atoms with Crippen LogP contribution < -0.4 is 9.61 Å². The van der Waals surface area contributed by atoms with Crippen LogP contribution in [-0.4, -0.2) is 30.1 Å². The standard InChI is InChI=1S/C19H28N2O2S/c1-13(2)10-21(11-14(3)4)12-17-18(20-19(22)24-17)15-6-8-16(23-5)9-7-15/h6-9,13-14H,10-12H2,1-5H3,(H,20,22). The summed E-state index contributed by atoms with van der Waals surface area (Å²) in [5, 5.41) is 0. The van der Waals surface area contributed by atoms with Crippen LogP contribution in [0.25, 0.3) is 11.3 Å². The second-order valence-electron chi connectivity index (χ2n) is 7.02. The average Bonchev–Trinajstić information content (AvgIpc) is 2.86. The van der Waals surface area contributed by atoms with Crippen LogP contribution in [0.5, 0.6) is 5.75 Å². The Morgan fingerprint density at radius 2 is 1.67 bits per heavy atom. The van der Waals surface area contributed by atoms with Crippen molar-refractivity contribution in [2.24, 2.45) is 11.8 Å². The van der Waals surface area contributed by atoms with E-state index >= 15 is 0 Å². The first-order valence-corrected chi connectivity index (χ1v) is 9.29. The highest BCUT2D eigenvalue weighted by Crippen LogP contribution is 2.26. The Morgan fingerprint density at radius 1 is 1.08 bits per heavy atom. The van der Waals surface area contributed by atoms with Crippen LogP contribution in [-0.2, 0) is 6.54 Å². The zero-order valence-corrected chi connectivity index (χ0v) is 16.1. The third-order valence-electron chi connectivity index (χ3n) is 3.71. The maximum Gasteiger partial charge on any atom is 0.305 e. The molecule has 0 amide bonds. The predicted molar refractivity (Wildman–Crippen MR) is 102 cm³/mol. The first-order valence-electron chi connectivity index (χ1n) is 8.47. The van der Waals surface area contributed by atoms with Crippen molar-refractivity contribution in [1.29, 1.82) is 0 Å². The molecule has 0 radical (unpaired) electrons. The highest BCUT2D eigenvalue weighted by atomic mass is 32.1. The summed E-state index contributed by atoms with van der Waals surface area (Å²) in [7, 11) is 1.66. The van der Waals surface area contributed by atoms with Crippen molar-refractivity contribution in [3.8, 4) is 17.0 Å². The first kappa shape index (κ1) is 18.7. The Morgan fingerprint density at radius 3 is 2.17 bits per heavy atom. The number of hydrogen-bond donors (Lipinski definition) is 1. The molecule has 5 heteroatoms. The van der Waals surface area contributed by atoms with E-state index in [9.17, 15) is 4.79 Å². The Labute approximate surface area is 148 Å². The Balaban J connectivity index is 2.27. The molecule has 1 aromatic carbocycles. The van der Waals surface area contributed by atoms with Crippen molar-refractivity contribution in [3.05, 3.63) is 38.8 Å². The number of H-pyrrole nitrogens is 1. The highest BCUT2D eigenvalue weighted by molar-refractivity contribution is 7.09. The van der Waals surface area contributed by atoms with E-state index in [0.29, 0.717) is 11.8 Å². The number of rotatable bonds is 8. The molecule has 0 aliphatic carbocycles. The SMILES string of the molecule is COc1ccc(-c2[nH]c(=O)sc2CN(CC(C)C)CC(C)C)cc1. The molecule has 0 bridgehead atoms. The fraction of sp³-hybridized carbons (Fsp3) is 0.526. The van der Waals surface area contributed by atoms with E-state index in [1.807, 2.05) is 24.3 Å². The minimum absolute atomic E-state index is 0.00450. The molecule has 0 saturated heterocycles. The van der Waals surface area contributed by atoms with Gasteiger partial charge in [-0.3, -0.25) is 9.69 Å². The van der Waals surface area contributed by atoms with E-state index in [1.54, 1.807) is 7.11 Å². The van der Waals surface area contributed by atoms with Crippen molar-refractivity contribution >= 4 is 11.3 Å². The lowest BCUT2D eigenvalue weighted by Crippen LogP contribution is -2.30. The summed E-state index contributed by atoms with van der Waals surface area (Å²) < 4.78 is 5.21. The molecule has 0 atom stereocenters. The van der Waals surface area contributed by atoms with Crippen LogP contribution in [0, 0.1) is 11.8 Å². The zero-order chi connectivity index (χ0) is 17.7. The summed E-state index contributed by atoms with van der Waals surface area (Å²) in [5.41, 5.74) is 1.96. The summed E-state index contributed by atoms with van der Waals surface area (Å²) in [5.74, 6) is 2.02. The third-order valence-corrected chi connectivity index (χ3v) is 4.58. The molecule has 1 heterocycles. The second kappa shape index (κ2) is 8.49. The molecule has 1 N–H and O–H groups in total. The van der Waals surface area contributed by atoms with Crippen LogP contribution >= 0.6 is 11.3 Å². The van der Waals surface area contributed by atoms with Crippen LogP contribution in [0.3, 0.4) is 0 Å². The van der Waals surface area contributed by atoms with Gasteiger partial charge >= 0.3 is 4.87 Å². The molecule has 4 nitrogen and oxygen atoms in total. The first-order chi connectivity index (χ1) is 11.4. The van der Waals surface area contributed by atoms with Gasteiger partial charge in [0, 0.05) is 24.5 Å². The smallest absolute Gasteiger partial charge is 0.305 e. The van der Waals surface area contributed by atoms with Crippen LogP contribution in [0.4, 0.5) is 0 Å². The van der Waals surface area contributed by atoms with Gasteiger partial charge in [0.2, 0.25) is 0 Å². The number of nitrogens with zero attached hydrogens (tertiary/aromatic N) is 1.